The summed E-state index contributed by atoms with van der Waals surface area (Å²) in [6.07, 6.45) is 0. The average molecular weight is 464 g/mol. The van der Waals surface area contributed by atoms with E-state index in [0.29, 0.717) is 39.9 Å². The standard InChI is InChI=1S/C26H22ClNO5/c1-3-33-20-12-10-16(11-13-20)23-22(24(29)17-6-4-9-21(14-17)32-2)25(30)26(31)28(23)19-8-5-7-18(27)15-19/h4-15,23,29H,3H2,1-2H3/b24-22+. The van der Waals surface area contributed by atoms with Crippen LogP contribution >= 0.6 is 11.6 Å². The van der Waals surface area contributed by atoms with E-state index in [9.17, 15) is 14.7 Å². The van der Waals surface area contributed by atoms with Gasteiger partial charge in [0.25, 0.3) is 11.7 Å². The van der Waals surface area contributed by atoms with Crippen molar-refractivity contribution in [3.05, 3.63) is 94.5 Å². The second-order valence-electron chi connectivity index (χ2n) is 7.38. The summed E-state index contributed by atoms with van der Waals surface area (Å²) in [5.41, 5.74) is 1.45. The first-order valence-corrected chi connectivity index (χ1v) is 10.8. The summed E-state index contributed by atoms with van der Waals surface area (Å²) < 4.78 is 10.8. The number of carbonyl (C=O) groups is 2. The summed E-state index contributed by atoms with van der Waals surface area (Å²) in [5.74, 6) is -0.639. The van der Waals surface area contributed by atoms with E-state index >= 15 is 0 Å². The largest absolute Gasteiger partial charge is 0.507 e. The minimum atomic E-state index is -0.856. The van der Waals surface area contributed by atoms with Crippen LogP contribution in [-0.2, 0) is 9.59 Å². The molecule has 1 fully saturated rings. The van der Waals surface area contributed by atoms with Gasteiger partial charge in [0, 0.05) is 16.3 Å². The molecule has 0 bridgehead atoms. The van der Waals surface area contributed by atoms with Crippen LogP contribution in [0.5, 0.6) is 11.5 Å². The van der Waals surface area contributed by atoms with Crippen molar-refractivity contribution in [2.24, 2.45) is 0 Å². The molecule has 1 amide bonds. The molecule has 1 N–H and O–H groups in total. The van der Waals surface area contributed by atoms with Crippen LogP contribution in [0.3, 0.4) is 0 Å². The lowest BCUT2D eigenvalue weighted by molar-refractivity contribution is -0.132. The minimum Gasteiger partial charge on any atom is -0.507 e. The van der Waals surface area contributed by atoms with Crippen molar-refractivity contribution >= 4 is 34.7 Å². The van der Waals surface area contributed by atoms with Crippen molar-refractivity contribution < 1.29 is 24.2 Å². The maximum atomic E-state index is 13.2. The van der Waals surface area contributed by atoms with Crippen molar-refractivity contribution in [1.82, 2.24) is 0 Å². The van der Waals surface area contributed by atoms with Crippen LogP contribution in [0.1, 0.15) is 24.1 Å². The quantitative estimate of drug-likeness (QED) is 0.302. The molecule has 1 unspecified atom stereocenters. The van der Waals surface area contributed by atoms with Gasteiger partial charge in [0.2, 0.25) is 0 Å². The number of nitrogens with zero attached hydrogens (tertiary/aromatic N) is 1. The molecular formula is C26H22ClNO5. The fourth-order valence-electron chi connectivity index (χ4n) is 3.88. The van der Waals surface area contributed by atoms with Gasteiger partial charge in [-0.15, -0.1) is 0 Å². The summed E-state index contributed by atoms with van der Waals surface area (Å²) in [7, 11) is 1.51. The Morgan fingerprint density at radius 3 is 2.39 bits per heavy atom. The van der Waals surface area contributed by atoms with Gasteiger partial charge in [0.15, 0.2) is 0 Å². The Kier molecular flexibility index (Phi) is 6.38. The van der Waals surface area contributed by atoms with E-state index in [1.54, 1.807) is 72.8 Å². The fraction of sp³-hybridized carbons (Fsp3) is 0.154. The van der Waals surface area contributed by atoms with Gasteiger partial charge in [-0.2, -0.15) is 0 Å². The van der Waals surface area contributed by atoms with Crippen LogP contribution in [0.2, 0.25) is 5.02 Å². The molecule has 6 nitrogen and oxygen atoms in total. The third-order valence-electron chi connectivity index (χ3n) is 5.38. The van der Waals surface area contributed by atoms with Crippen LogP contribution in [-0.4, -0.2) is 30.5 Å². The van der Waals surface area contributed by atoms with Crippen molar-refractivity contribution in [2.45, 2.75) is 13.0 Å². The molecule has 7 heteroatoms. The van der Waals surface area contributed by atoms with E-state index in [-0.39, 0.29) is 11.3 Å². The van der Waals surface area contributed by atoms with Crippen LogP contribution < -0.4 is 14.4 Å². The van der Waals surface area contributed by atoms with Crippen molar-refractivity contribution in [3.63, 3.8) is 0 Å². The molecule has 1 aliphatic rings. The zero-order chi connectivity index (χ0) is 23.5. The first-order chi connectivity index (χ1) is 15.9. The third-order valence-corrected chi connectivity index (χ3v) is 5.62. The minimum absolute atomic E-state index is 0.0163. The van der Waals surface area contributed by atoms with Crippen molar-refractivity contribution in [1.29, 1.82) is 0 Å². The molecule has 33 heavy (non-hydrogen) atoms. The number of hydrogen-bond donors (Lipinski definition) is 1. The predicted octanol–water partition coefficient (Wildman–Crippen LogP) is 5.37. The molecule has 0 radical (unpaired) electrons. The maximum absolute atomic E-state index is 13.2. The number of aliphatic hydroxyl groups is 1. The Morgan fingerprint density at radius 2 is 1.73 bits per heavy atom. The highest BCUT2D eigenvalue weighted by molar-refractivity contribution is 6.51. The zero-order valence-electron chi connectivity index (χ0n) is 18.1. The second-order valence-corrected chi connectivity index (χ2v) is 7.82. The number of methoxy groups -OCH3 is 1. The van der Waals surface area contributed by atoms with Crippen LogP contribution in [0.15, 0.2) is 78.4 Å². The van der Waals surface area contributed by atoms with E-state index in [1.165, 1.54) is 12.0 Å². The van der Waals surface area contributed by atoms with E-state index in [1.807, 2.05) is 6.92 Å². The third kappa shape index (κ3) is 4.30. The summed E-state index contributed by atoms with van der Waals surface area (Å²) in [4.78, 5) is 27.7. The summed E-state index contributed by atoms with van der Waals surface area (Å²) in [6.45, 7) is 2.40. The second kappa shape index (κ2) is 9.38. The Balaban J connectivity index is 1.91. The number of ether oxygens (including phenoxy) is 2. The Bertz CT molecular complexity index is 1240. The monoisotopic (exact) mass is 463 g/mol. The van der Waals surface area contributed by atoms with Crippen LogP contribution in [0.25, 0.3) is 5.76 Å². The van der Waals surface area contributed by atoms with Gasteiger partial charge in [-0.05, 0) is 55.0 Å². The average Bonchev–Trinajstić information content (AvgIpc) is 3.10. The molecule has 168 valence electrons. The Morgan fingerprint density at radius 1 is 1.00 bits per heavy atom. The highest BCUT2D eigenvalue weighted by Crippen LogP contribution is 2.43. The number of halogens is 1. The van der Waals surface area contributed by atoms with Gasteiger partial charge in [0.1, 0.15) is 17.3 Å². The highest BCUT2D eigenvalue weighted by Gasteiger charge is 2.47. The number of benzene rings is 3. The maximum Gasteiger partial charge on any atom is 0.300 e. The molecule has 0 spiro atoms. The lowest BCUT2D eigenvalue weighted by Gasteiger charge is -2.25. The van der Waals surface area contributed by atoms with Gasteiger partial charge in [-0.1, -0.05) is 41.9 Å². The number of carbonyl (C=O) groups excluding carboxylic acids is 2. The normalized spacial score (nSPS) is 17.3. The number of amides is 1. The summed E-state index contributed by atoms with van der Waals surface area (Å²) in [5, 5.41) is 11.6. The summed E-state index contributed by atoms with van der Waals surface area (Å²) >= 11 is 6.17. The number of Topliss-reactive ketones (excluding diaryl/α,β-unsaturated/α-hetero) is 1. The lowest BCUT2D eigenvalue weighted by Crippen LogP contribution is -2.29. The zero-order valence-corrected chi connectivity index (χ0v) is 18.9. The van der Waals surface area contributed by atoms with Crippen LogP contribution in [0, 0.1) is 0 Å². The molecule has 1 atom stereocenters. The van der Waals surface area contributed by atoms with Gasteiger partial charge in [0.05, 0.1) is 25.3 Å². The summed E-state index contributed by atoms with van der Waals surface area (Å²) in [6, 6.07) is 19.6. The molecule has 3 aromatic carbocycles. The first kappa shape index (κ1) is 22.4. The van der Waals surface area contributed by atoms with E-state index in [4.69, 9.17) is 21.1 Å². The van der Waals surface area contributed by atoms with Crippen LogP contribution in [0.4, 0.5) is 5.69 Å². The number of ketones is 1. The molecule has 0 aliphatic carbocycles. The first-order valence-electron chi connectivity index (χ1n) is 10.4. The molecule has 0 saturated carbocycles. The smallest absolute Gasteiger partial charge is 0.300 e. The Labute approximate surface area is 196 Å². The highest BCUT2D eigenvalue weighted by atomic mass is 35.5. The Hall–Kier alpha value is -3.77. The topological polar surface area (TPSA) is 76.1 Å². The molecule has 1 aliphatic heterocycles. The van der Waals surface area contributed by atoms with Gasteiger partial charge < -0.3 is 14.6 Å². The SMILES string of the molecule is CCOc1ccc(C2/C(=C(\O)c3cccc(OC)c3)C(=O)C(=O)N2c2cccc(Cl)c2)cc1. The number of anilines is 1. The van der Waals surface area contributed by atoms with Gasteiger partial charge in [-0.25, -0.2) is 0 Å². The number of aliphatic hydroxyl groups excluding tert-OH is 1. The number of hydrogen-bond acceptors (Lipinski definition) is 5. The molecule has 1 saturated heterocycles. The molecule has 0 aromatic heterocycles. The van der Waals surface area contributed by atoms with Crippen molar-refractivity contribution in [3.8, 4) is 11.5 Å². The molecule has 4 rings (SSSR count). The van der Waals surface area contributed by atoms with Gasteiger partial charge in [-0.3, -0.25) is 14.5 Å². The molecule has 1 heterocycles. The van der Waals surface area contributed by atoms with E-state index < -0.39 is 17.7 Å². The number of rotatable bonds is 6. The van der Waals surface area contributed by atoms with E-state index in [0.717, 1.165) is 0 Å². The predicted molar refractivity (Wildman–Crippen MR) is 127 cm³/mol. The van der Waals surface area contributed by atoms with Crippen molar-refractivity contribution in [2.75, 3.05) is 18.6 Å². The lowest BCUT2D eigenvalue weighted by atomic mass is 9.95. The fourth-order valence-corrected chi connectivity index (χ4v) is 4.06. The molecular weight excluding hydrogens is 442 g/mol. The van der Waals surface area contributed by atoms with Gasteiger partial charge >= 0.3 is 0 Å². The molecule has 3 aromatic rings. The van der Waals surface area contributed by atoms with E-state index in [2.05, 4.69) is 0 Å².